The lowest BCUT2D eigenvalue weighted by Crippen LogP contribution is -2.46. The van der Waals surface area contributed by atoms with E-state index in [1.54, 1.807) is 12.1 Å². The van der Waals surface area contributed by atoms with Crippen molar-refractivity contribution in [3.05, 3.63) is 69.3 Å². The van der Waals surface area contributed by atoms with Gasteiger partial charge < -0.3 is 25.4 Å². The SMILES string of the molecule is COc1cc(C2NC(=S)NC(C)=C2C(=O)NCc2ccccc2)c(Br)cc1OCC#N. The molecule has 1 amide bonds. The fourth-order valence-electron chi connectivity index (χ4n) is 3.26. The van der Waals surface area contributed by atoms with E-state index in [1.165, 1.54) is 7.11 Å². The summed E-state index contributed by atoms with van der Waals surface area (Å²) < 4.78 is 11.6. The minimum absolute atomic E-state index is 0.107. The fraction of sp³-hybridized carbons (Fsp3) is 0.227. The van der Waals surface area contributed by atoms with Crippen LogP contribution < -0.4 is 25.4 Å². The molecule has 0 saturated heterocycles. The van der Waals surface area contributed by atoms with Crippen LogP contribution in [-0.4, -0.2) is 24.7 Å². The van der Waals surface area contributed by atoms with Crippen molar-refractivity contribution in [1.82, 2.24) is 16.0 Å². The molecule has 0 aliphatic carbocycles. The highest BCUT2D eigenvalue weighted by Gasteiger charge is 2.32. The fourth-order valence-corrected chi connectivity index (χ4v) is 4.08. The third kappa shape index (κ3) is 5.34. The topological polar surface area (TPSA) is 95.4 Å². The van der Waals surface area contributed by atoms with Crippen molar-refractivity contribution in [2.75, 3.05) is 13.7 Å². The van der Waals surface area contributed by atoms with Crippen LogP contribution in [-0.2, 0) is 11.3 Å². The molecule has 0 radical (unpaired) electrons. The summed E-state index contributed by atoms with van der Waals surface area (Å²) in [5.41, 5.74) is 2.92. The van der Waals surface area contributed by atoms with E-state index < -0.39 is 6.04 Å². The van der Waals surface area contributed by atoms with Gasteiger partial charge in [0.1, 0.15) is 6.07 Å². The van der Waals surface area contributed by atoms with E-state index in [0.717, 1.165) is 11.1 Å². The molecular formula is C22H21BrN4O3S. The summed E-state index contributed by atoms with van der Waals surface area (Å²) in [5.74, 6) is 0.651. The Labute approximate surface area is 194 Å². The summed E-state index contributed by atoms with van der Waals surface area (Å²) in [5, 5.41) is 18.4. The predicted molar refractivity (Wildman–Crippen MR) is 124 cm³/mol. The highest BCUT2D eigenvalue weighted by molar-refractivity contribution is 9.10. The second-order valence-corrected chi connectivity index (χ2v) is 7.97. The van der Waals surface area contributed by atoms with E-state index in [4.69, 9.17) is 27.0 Å². The highest BCUT2D eigenvalue weighted by atomic mass is 79.9. The number of methoxy groups -OCH3 is 1. The number of ether oxygens (including phenoxy) is 2. The van der Waals surface area contributed by atoms with Crippen molar-refractivity contribution in [3.63, 3.8) is 0 Å². The van der Waals surface area contributed by atoms with Crippen molar-refractivity contribution < 1.29 is 14.3 Å². The van der Waals surface area contributed by atoms with Crippen molar-refractivity contribution in [1.29, 1.82) is 5.26 Å². The smallest absolute Gasteiger partial charge is 0.251 e. The lowest BCUT2D eigenvalue weighted by Gasteiger charge is -2.31. The first-order chi connectivity index (χ1) is 14.9. The second kappa shape index (κ2) is 10.3. The zero-order chi connectivity index (χ0) is 22.4. The van der Waals surface area contributed by atoms with Gasteiger partial charge >= 0.3 is 0 Å². The molecule has 3 rings (SSSR count). The first kappa shape index (κ1) is 22.6. The lowest BCUT2D eigenvalue weighted by atomic mass is 9.94. The number of carbonyl (C=O) groups excluding carboxylic acids is 1. The maximum atomic E-state index is 13.1. The molecule has 1 unspecified atom stereocenters. The molecule has 1 heterocycles. The van der Waals surface area contributed by atoms with E-state index in [9.17, 15) is 4.79 Å². The normalized spacial score (nSPS) is 15.4. The zero-order valence-corrected chi connectivity index (χ0v) is 19.4. The lowest BCUT2D eigenvalue weighted by molar-refractivity contribution is -0.118. The second-order valence-electron chi connectivity index (χ2n) is 6.71. The Bertz CT molecular complexity index is 1070. The molecule has 0 aromatic heterocycles. The van der Waals surface area contributed by atoms with Gasteiger partial charge in [0.2, 0.25) is 0 Å². The number of allylic oxidation sites excluding steroid dienone is 1. The van der Waals surface area contributed by atoms with Crippen LogP contribution in [0.5, 0.6) is 11.5 Å². The first-order valence-electron chi connectivity index (χ1n) is 9.42. The summed E-state index contributed by atoms with van der Waals surface area (Å²) in [6.45, 7) is 2.11. The van der Waals surface area contributed by atoms with Gasteiger partial charge in [-0.15, -0.1) is 0 Å². The molecule has 2 aromatic carbocycles. The van der Waals surface area contributed by atoms with Gasteiger partial charge in [0.15, 0.2) is 23.2 Å². The monoisotopic (exact) mass is 500 g/mol. The number of nitrogens with one attached hydrogen (secondary N) is 3. The number of benzene rings is 2. The van der Waals surface area contributed by atoms with Gasteiger partial charge in [0.05, 0.1) is 18.7 Å². The van der Waals surface area contributed by atoms with Gasteiger partial charge in [-0.05, 0) is 42.4 Å². The van der Waals surface area contributed by atoms with Gasteiger partial charge in [-0.3, -0.25) is 4.79 Å². The molecule has 0 saturated carbocycles. The van der Waals surface area contributed by atoms with Crippen LogP contribution in [0.3, 0.4) is 0 Å². The molecule has 0 spiro atoms. The summed E-state index contributed by atoms with van der Waals surface area (Å²) in [6, 6.07) is 14.6. The quantitative estimate of drug-likeness (QED) is 0.500. The molecule has 1 aliphatic heterocycles. The molecule has 0 fully saturated rings. The van der Waals surface area contributed by atoms with Crippen molar-refractivity contribution in [2.24, 2.45) is 0 Å². The van der Waals surface area contributed by atoms with Crippen LogP contribution >= 0.6 is 28.1 Å². The Hall–Kier alpha value is -3.09. The van der Waals surface area contributed by atoms with Gasteiger partial charge in [-0.25, -0.2) is 0 Å². The number of nitriles is 1. The number of nitrogens with zero attached hydrogens (tertiary/aromatic N) is 1. The Morgan fingerprint density at radius 2 is 2.03 bits per heavy atom. The number of carbonyl (C=O) groups is 1. The van der Waals surface area contributed by atoms with Crippen LogP contribution in [0.25, 0.3) is 0 Å². The third-order valence-electron chi connectivity index (χ3n) is 4.70. The van der Waals surface area contributed by atoms with Gasteiger partial charge in [0.25, 0.3) is 5.91 Å². The minimum atomic E-state index is -0.516. The molecule has 3 N–H and O–H groups in total. The molecule has 2 aromatic rings. The Morgan fingerprint density at radius 3 is 2.71 bits per heavy atom. The number of hydrogen-bond donors (Lipinski definition) is 3. The molecule has 1 aliphatic rings. The van der Waals surface area contributed by atoms with Crippen LogP contribution in [0.1, 0.15) is 24.1 Å². The summed E-state index contributed by atoms with van der Waals surface area (Å²) in [7, 11) is 1.52. The highest BCUT2D eigenvalue weighted by Crippen LogP contribution is 2.39. The van der Waals surface area contributed by atoms with Crippen LogP contribution in [0, 0.1) is 11.3 Å². The van der Waals surface area contributed by atoms with Crippen LogP contribution in [0.4, 0.5) is 0 Å². The average Bonchev–Trinajstić information content (AvgIpc) is 2.76. The molecule has 31 heavy (non-hydrogen) atoms. The van der Waals surface area contributed by atoms with E-state index in [1.807, 2.05) is 43.3 Å². The maximum absolute atomic E-state index is 13.1. The number of amides is 1. The largest absolute Gasteiger partial charge is 0.493 e. The number of hydrogen-bond acceptors (Lipinski definition) is 5. The predicted octanol–water partition coefficient (Wildman–Crippen LogP) is 3.47. The third-order valence-corrected chi connectivity index (χ3v) is 5.60. The molecule has 0 bridgehead atoms. The maximum Gasteiger partial charge on any atom is 0.251 e. The van der Waals surface area contributed by atoms with E-state index in [-0.39, 0.29) is 12.5 Å². The van der Waals surface area contributed by atoms with E-state index in [2.05, 4.69) is 31.9 Å². The molecular weight excluding hydrogens is 480 g/mol. The average molecular weight is 501 g/mol. The molecule has 9 heteroatoms. The van der Waals surface area contributed by atoms with Crippen LogP contribution in [0.15, 0.2) is 58.2 Å². The Kier molecular flexibility index (Phi) is 7.50. The standard InChI is InChI=1S/C22H21BrN4O3S/c1-13-19(21(28)25-12-14-6-4-3-5-7-14)20(27-22(31)26-13)15-10-17(29-2)18(11-16(15)23)30-9-8-24/h3-7,10-11,20H,9,12H2,1-2H3,(H,25,28)(H2,26,27,31). The van der Waals surface area contributed by atoms with Crippen molar-refractivity contribution in [3.8, 4) is 17.6 Å². The Balaban J connectivity index is 1.94. The number of halogens is 1. The van der Waals surface area contributed by atoms with Gasteiger partial charge in [0, 0.05) is 16.7 Å². The zero-order valence-electron chi connectivity index (χ0n) is 17.0. The molecule has 1 atom stereocenters. The Morgan fingerprint density at radius 1 is 1.29 bits per heavy atom. The van der Waals surface area contributed by atoms with Gasteiger partial charge in [-0.1, -0.05) is 46.3 Å². The summed E-state index contributed by atoms with van der Waals surface area (Å²) in [6.07, 6.45) is 0. The minimum Gasteiger partial charge on any atom is -0.493 e. The summed E-state index contributed by atoms with van der Waals surface area (Å²) >= 11 is 8.89. The van der Waals surface area contributed by atoms with E-state index in [0.29, 0.717) is 38.9 Å². The number of rotatable bonds is 7. The summed E-state index contributed by atoms with van der Waals surface area (Å²) in [4.78, 5) is 13.1. The van der Waals surface area contributed by atoms with Crippen molar-refractivity contribution >= 4 is 39.2 Å². The van der Waals surface area contributed by atoms with Gasteiger partial charge in [-0.2, -0.15) is 5.26 Å². The number of thiocarbonyl (C=S) groups is 1. The molecule has 7 nitrogen and oxygen atoms in total. The first-order valence-corrected chi connectivity index (χ1v) is 10.6. The molecule has 160 valence electrons. The van der Waals surface area contributed by atoms with Crippen molar-refractivity contribution in [2.45, 2.75) is 19.5 Å². The van der Waals surface area contributed by atoms with E-state index >= 15 is 0 Å². The van der Waals surface area contributed by atoms with Crippen LogP contribution in [0.2, 0.25) is 0 Å².